The SMILES string of the molecule is Cc1oc2ncn(C/C(N=NCCO)=N/N)c(=O)c2c1C(N)=O. The monoisotopic (exact) mass is 321 g/mol. The van der Waals surface area contributed by atoms with E-state index in [-0.39, 0.29) is 48.0 Å². The van der Waals surface area contributed by atoms with E-state index in [4.69, 9.17) is 21.1 Å². The van der Waals surface area contributed by atoms with Gasteiger partial charge in [0.15, 0.2) is 5.84 Å². The maximum atomic E-state index is 12.5. The first kappa shape index (κ1) is 16.3. The van der Waals surface area contributed by atoms with Crippen LogP contribution in [-0.4, -0.2) is 39.6 Å². The molecule has 2 heterocycles. The molecule has 2 rings (SSSR count). The number of amides is 1. The average Bonchev–Trinajstić information content (AvgIpc) is 2.86. The lowest BCUT2D eigenvalue weighted by molar-refractivity contribution is 0.1000. The van der Waals surface area contributed by atoms with Crippen LogP contribution < -0.4 is 17.1 Å². The van der Waals surface area contributed by atoms with Crippen LogP contribution in [0.2, 0.25) is 0 Å². The summed E-state index contributed by atoms with van der Waals surface area (Å²) in [5.41, 5.74) is 4.74. The Bertz CT molecular complexity index is 849. The Morgan fingerprint density at radius 3 is 2.87 bits per heavy atom. The van der Waals surface area contributed by atoms with Crippen LogP contribution in [0.1, 0.15) is 16.1 Å². The highest BCUT2D eigenvalue weighted by atomic mass is 16.3. The van der Waals surface area contributed by atoms with Crippen molar-refractivity contribution in [3.8, 4) is 0 Å². The molecule has 2 aromatic heterocycles. The Labute approximate surface area is 129 Å². The number of aromatic nitrogens is 2. The smallest absolute Gasteiger partial charge is 0.265 e. The number of aryl methyl sites for hydroxylation is 1. The molecule has 23 heavy (non-hydrogen) atoms. The summed E-state index contributed by atoms with van der Waals surface area (Å²) in [4.78, 5) is 28.0. The van der Waals surface area contributed by atoms with Gasteiger partial charge in [-0.05, 0) is 6.92 Å². The summed E-state index contributed by atoms with van der Waals surface area (Å²) >= 11 is 0. The van der Waals surface area contributed by atoms with Gasteiger partial charge in [0.05, 0.1) is 25.3 Å². The van der Waals surface area contributed by atoms with Crippen LogP contribution in [0.3, 0.4) is 0 Å². The molecule has 0 aliphatic carbocycles. The van der Waals surface area contributed by atoms with Gasteiger partial charge in [-0.2, -0.15) is 10.2 Å². The van der Waals surface area contributed by atoms with Crippen molar-refractivity contribution in [2.75, 3.05) is 13.2 Å². The van der Waals surface area contributed by atoms with E-state index in [9.17, 15) is 9.59 Å². The molecule has 0 fully saturated rings. The predicted molar refractivity (Wildman–Crippen MR) is 80.0 cm³/mol. The first-order valence-electron chi connectivity index (χ1n) is 6.53. The van der Waals surface area contributed by atoms with Crippen molar-refractivity contribution >= 4 is 22.8 Å². The van der Waals surface area contributed by atoms with Gasteiger partial charge in [0.25, 0.3) is 11.5 Å². The maximum Gasteiger partial charge on any atom is 0.265 e. The van der Waals surface area contributed by atoms with Gasteiger partial charge in [0.2, 0.25) is 5.71 Å². The van der Waals surface area contributed by atoms with E-state index in [1.807, 2.05) is 0 Å². The molecule has 0 aliphatic rings. The van der Waals surface area contributed by atoms with Crippen molar-refractivity contribution < 1.29 is 14.3 Å². The minimum absolute atomic E-state index is 0.0128. The van der Waals surface area contributed by atoms with Gasteiger partial charge < -0.3 is 21.1 Å². The first-order valence-corrected chi connectivity index (χ1v) is 6.53. The number of nitrogens with two attached hydrogens (primary N) is 2. The number of furan rings is 1. The Hall–Kier alpha value is -3.08. The number of fused-ring (bicyclic) bond motifs is 1. The summed E-state index contributed by atoms with van der Waals surface area (Å²) < 4.78 is 6.40. The number of hydrogen-bond acceptors (Lipinski definition) is 8. The van der Waals surface area contributed by atoms with E-state index in [0.29, 0.717) is 0 Å². The Morgan fingerprint density at radius 1 is 1.52 bits per heavy atom. The molecule has 0 saturated carbocycles. The number of aliphatic hydroxyl groups is 1. The molecule has 0 aliphatic heterocycles. The Morgan fingerprint density at radius 2 is 2.26 bits per heavy atom. The fraction of sp³-hybridized carbons (Fsp3) is 0.333. The minimum atomic E-state index is -0.784. The quantitative estimate of drug-likeness (QED) is 0.212. The molecular formula is C12H15N7O4. The van der Waals surface area contributed by atoms with Gasteiger partial charge in [0, 0.05) is 0 Å². The lowest BCUT2D eigenvalue weighted by Gasteiger charge is -2.03. The number of carbonyl (C=O) groups is 1. The van der Waals surface area contributed by atoms with E-state index in [2.05, 4.69) is 20.3 Å². The molecule has 0 aromatic carbocycles. The van der Waals surface area contributed by atoms with Gasteiger partial charge in [-0.3, -0.25) is 14.2 Å². The summed E-state index contributed by atoms with van der Waals surface area (Å²) in [7, 11) is 0. The highest BCUT2D eigenvalue weighted by molar-refractivity contribution is 6.05. The highest BCUT2D eigenvalue weighted by Gasteiger charge is 2.21. The van der Waals surface area contributed by atoms with Gasteiger partial charge >= 0.3 is 0 Å². The molecule has 0 saturated heterocycles. The second-order valence-corrected chi connectivity index (χ2v) is 4.49. The Balaban J connectivity index is 2.47. The van der Waals surface area contributed by atoms with Crippen molar-refractivity contribution in [2.45, 2.75) is 13.5 Å². The summed E-state index contributed by atoms with van der Waals surface area (Å²) in [6.07, 6.45) is 1.21. The normalized spacial score (nSPS) is 12.3. The molecular weight excluding hydrogens is 306 g/mol. The zero-order valence-electron chi connectivity index (χ0n) is 12.3. The molecule has 0 atom stereocenters. The van der Waals surface area contributed by atoms with Crippen molar-refractivity contribution in [2.24, 2.45) is 26.9 Å². The van der Waals surface area contributed by atoms with Gasteiger partial charge in [0.1, 0.15) is 17.5 Å². The third kappa shape index (κ3) is 3.23. The maximum absolute atomic E-state index is 12.5. The number of carbonyl (C=O) groups excluding carboxylic acids is 1. The molecule has 0 unspecified atom stereocenters. The lowest BCUT2D eigenvalue weighted by atomic mass is 10.2. The topological polar surface area (TPSA) is 174 Å². The van der Waals surface area contributed by atoms with Crippen LogP contribution in [0, 0.1) is 6.92 Å². The molecule has 0 bridgehead atoms. The van der Waals surface area contributed by atoms with Crippen LogP contribution in [0.5, 0.6) is 0 Å². The first-order chi connectivity index (χ1) is 11.0. The number of amidine groups is 1. The number of aliphatic hydroxyl groups excluding tert-OH is 1. The fourth-order valence-electron chi connectivity index (χ4n) is 1.97. The molecule has 5 N–H and O–H groups in total. The molecule has 0 radical (unpaired) electrons. The van der Waals surface area contributed by atoms with Crippen molar-refractivity contribution in [1.29, 1.82) is 0 Å². The largest absolute Gasteiger partial charge is 0.442 e. The van der Waals surface area contributed by atoms with E-state index < -0.39 is 11.5 Å². The number of primary amides is 1. The zero-order chi connectivity index (χ0) is 17.0. The van der Waals surface area contributed by atoms with Crippen molar-refractivity contribution in [3.05, 3.63) is 28.0 Å². The summed E-state index contributed by atoms with van der Waals surface area (Å²) in [5, 5.41) is 19.4. The number of rotatable bonds is 5. The van der Waals surface area contributed by atoms with E-state index in [1.165, 1.54) is 13.3 Å². The molecule has 122 valence electrons. The lowest BCUT2D eigenvalue weighted by Crippen LogP contribution is -2.26. The van der Waals surface area contributed by atoms with Gasteiger partial charge in [-0.15, -0.1) is 5.11 Å². The molecule has 1 amide bonds. The number of nitrogens with zero attached hydrogens (tertiary/aromatic N) is 5. The Kier molecular flexibility index (Phi) is 4.81. The van der Waals surface area contributed by atoms with Gasteiger partial charge in [-0.1, -0.05) is 0 Å². The third-order valence-corrected chi connectivity index (χ3v) is 2.95. The molecule has 2 aromatic rings. The predicted octanol–water partition coefficient (Wildman–Crippen LogP) is -0.886. The number of hydrazone groups is 1. The van der Waals surface area contributed by atoms with E-state index >= 15 is 0 Å². The second kappa shape index (κ2) is 6.79. The summed E-state index contributed by atoms with van der Waals surface area (Å²) in [6, 6.07) is 0. The fourth-order valence-corrected chi connectivity index (χ4v) is 1.97. The molecule has 11 nitrogen and oxygen atoms in total. The van der Waals surface area contributed by atoms with E-state index in [0.717, 1.165) is 4.57 Å². The highest BCUT2D eigenvalue weighted by Crippen LogP contribution is 2.19. The van der Waals surface area contributed by atoms with Crippen LogP contribution in [0.25, 0.3) is 11.1 Å². The van der Waals surface area contributed by atoms with Crippen molar-refractivity contribution in [3.63, 3.8) is 0 Å². The van der Waals surface area contributed by atoms with Gasteiger partial charge in [-0.25, -0.2) is 4.98 Å². The molecule has 11 heteroatoms. The van der Waals surface area contributed by atoms with Crippen LogP contribution in [0.15, 0.2) is 30.9 Å². The number of hydrogen-bond donors (Lipinski definition) is 3. The second-order valence-electron chi connectivity index (χ2n) is 4.49. The summed E-state index contributed by atoms with van der Waals surface area (Å²) in [5.74, 6) is 4.66. The van der Waals surface area contributed by atoms with Crippen LogP contribution in [0.4, 0.5) is 0 Å². The molecule has 0 spiro atoms. The van der Waals surface area contributed by atoms with E-state index in [1.54, 1.807) is 0 Å². The third-order valence-electron chi connectivity index (χ3n) is 2.95. The summed E-state index contributed by atoms with van der Waals surface area (Å²) in [6.45, 7) is 1.31. The minimum Gasteiger partial charge on any atom is -0.442 e. The van der Waals surface area contributed by atoms with Crippen LogP contribution >= 0.6 is 0 Å². The number of azo groups is 1. The van der Waals surface area contributed by atoms with Crippen LogP contribution in [-0.2, 0) is 6.54 Å². The standard InChI is InChI=1S/C12H15N7O4/c1-6-8(10(13)21)9-11(23-6)15-5-19(12(9)22)4-7(17-14)18-16-2-3-20/h5,20H,2-4,14H2,1H3,(H2,13,21)/b17-7-,18-16?. The van der Waals surface area contributed by atoms with Crippen molar-refractivity contribution in [1.82, 2.24) is 9.55 Å². The average molecular weight is 321 g/mol. The zero-order valence-corrected chi connectivity index (χ0v) is 12.3.